The molecule has 0 aliphatic carbocycles. The number of aliphatic hydroxyl groups excluding tert-OH is 1. The molecule has 1 aromatic rings. The van der Waals surface area contributed by atoms with Gasteiger partial charge in [0.2, 0.25) is 0 Å². The first-order valence-corrected chi connectivity index (χ1v) is 4.93. The zero-order valence-corrected chi connectivity index (χ0v) is 9.24. The molecule has 1 unspecified atom stereocenters. The Morgan fingerprint density at radius 1 is 1.62 bits per heavy atom. The molecule has 4 heteroatoms. The van der Waals surface area contributed by atoms with E-state index in [1.54, 1.807) is 6.07 Å². The molecule has 0 saturated carbocycles. The Kier molecular flexibility index (Phi) is 3.96. The van der Waals surface area contributed by atoms with E-state index in [9.17, 15) is 5.11 Å². The Morgan fingerprint density at radius 2 is 2.31 bits per heavy atom. The largest absolute Gasteiger partial charge is 0.457 e. The van der Waals surface area contributed by atoms with Gasteiger partial charge in [-0.25, -0.2) is 0 Å². The lowest BCUT2D eigenvalue weighted by Gasteiger charge is -2.12. The number of halogens is 1. The van der Waals surface area contributed by atoms with E-state index >= 15 is 0 Å². The fourth-order valence-electron chi connectivity index (χ4n) is 0.916. The first-order valence-electron chi connectivity index (χ1n) is 4.14. The lowest BCUT2D eigenvalue weighted by atomic mass is 10.2. The van der Waals surface area contributed by atoms with Gasteiger partial charge in [-0.1, -0.05) is 0 Å². The average Bonchev–Trinajstić information content (AvgIpc) is 2.47. The second-order valence-electron chi connectivity index (χ2n) is 3.05. The van der Waals surface area contributed by atoms with Crippen LogP contribution in [0.25, 0.3) is 0 Å². The molecular formula is C9H13BrO3. The minimum atomic E-state index is -0.629. The van der Waals surface area contributed by atoms with Gasteiger partial charge in [-0.3, -0.25) is 0 Å². The maximum atomic E-state index is 9.62. The molecule has 1 rings (SSSR count). The molecule has 0 amide bonds. The molecule has 0 saturated heterocycles. The smallest absolute Gasteiger partial charge is 0.174 e. The summed E-state index contributed by atoms with van der Waals surface area (Å²) in [6.07, 6.45) is 1.02. The lowest BCUT2D eigenvalue weighted by Crippen LogP contribution is -2.11. The maximum Gasteiger partial charge on any atom is 0.174 e. The highest BCUT2D eigenvalue weighted by molar-refractivity contribution is 9.10. The molecular weight excluding hydrogens is 236 g/mol. The number of hydrogen-bond acceptors (Lipinski definition) is 3. The monoisotopic (exact) mass is 248 g/mol. The fourth-order valence-corrected chi connectivity index (χ4v) is 1.42. The quantitative estimate of drug-likeness (QED) is 0.891. The summed E-state index contributed by atoms with van der Waals surface area (Å²) in [5, 5.41) is 9.62. The Labute approximate surface area is 85.8 Å². The predicted molar refractivity (Wildman–Crippen MR) is 52.5 cm³/mol. The molecule has 1 heterocycles. The van der Waals surface area contributed by atoms with Crippen LogP contribution in [-0.4, -0.2) is 17.8 Å². The van der Waals surface area contributed by atoms with Crippen molar-refractivity contribution >= 4 is 15.9 Å². The zero-order chi connectivity index (χ0) is 9.84. The Balaban J connectivity index is 2.49. The van der Waals surface area contributed by atoms with Crippen LogP contribution in [0.5, 0.6) is 0 Å². The van der Waals surface area contributed by atoms with Gasteiger partial charge in [-0.2, -0.15) is 0 Å². The maximum absolute atomic E-state index is 9.62. The molecule has 1 N–H and O–H groups in total. The van der Waals surface area contributed by atoms with Gasteiger partial charge in [-0.05, 0) is 35.8 Å². The number of hydrogen-bond donors (Lipinski definition) is 1. The lowest BCUT2D eigenvalue weighted by molar-refractivity contribution is 0.00435. The van der Waals surface area contributed by atoms with E-state index in [0.29, 0.717) is 4.67 Å². The third-order valence-electron chi connectivity index (χ3n) is 1.59. The fraction of sp³-hybridized carbons (Fsp3) is 0.556. The van der Waals surface area contributed by atoms with Crippen LogP contribution in [0.3, 0.4) is 0 Å². The van der Waals surface area contributed by atoms with Crippen molar-refractivity contribution in [3.05, 3.63) is 22.6 Å². The summed E-state index contributed by atoms with van der Waals surface area (Å²) in [5.74, 6) is 0. The summed E-state index contributed by atoms with van der Waals surface area (Å²) < 4.78 is 10.8. The summed E-state index contributed by atoms with van der Waals surface area (Å²) in [7, 11) is 0. The predicted octanol–water partition coefficient (Wildman–Crippen LogP) is 2.50. The van der Waals surface area contributed by atoms with Crippen LogP contribution < -0.4 is 0 Å². The normalized spacial score (nSPS) is 13.6. The molecule has 0 fully saturated rings. The van der Waals surface area contributed by atoms with Gasteiger partial charge in [-0.15, -0.1) is 0 Å². The van der Waals surface area contributed by atoms with Crippen LogP contribution in [0, 0.1) is 0 Å². The van der Waals surface area contributed by atoms with Crippen molar-refractivity contribution < 1.29 is 14.3 Å². The standard InChI is InChI=1S/C9H13BrO3/c1-6(2)13-5-8(11)7-3-4-12-9(7)10/h3-4,6,8,11H,5H2,1-2H3. The molecule has 1 atom stereocenters. The van der Waals surface area contributed by atoms with E-state index in [0.717, 1.165) is 5.56 Å². The van der Waals surface area contributed by atoms with Gasteiger partial charge < -0.3 is 14.3 Å². The second-order valence-corrected chi connectivity index (χ2v) is 3.77. The molecule has 0 radical (unpaired) electrons. The summed E-state index contributed by atoms with van der Waals surface area (Å²) >= 11 is 3.19. The van der Waals surface area contributed by atoms with E-state index in [4.69, 9.17) is 9.15 Å². The van der Waals surface area contributed by atoms with Gasteiger partial charge in [0.05, 0.1) is 19.0 Å². The Bertz CT molecular complexity index is 257. The first-order chi connectivity index (χ1) is 6.11. The van der Waals surface area contributed by atoms with Crippen LogP contribution >= 0.6 is 15.9 Å². The number of ether oxygens (including phenoxy) is 1. The molecule has 1 aromatic heterocycles. The van der Waals surface area contributed by atoms with E-state index in [2.05, 4.69) is 15.9 Å². The molecule has 0 aliphatic rings. The van der Waals surface area contributed by atoms with Crippen LogP contribution in [0.1, 0.15) is 25.5 Å². The number of aliphatic hydroxyl groups is 1. The zero-order valence-electron chi connectivity index (χ0n) is 7.66. The Hall–Kier alpha value is -0.320. The molecule has 13 heavy (non-hydrogen) atoms. The molecule has 0 aromatic carbocycles. The van der Waals surface area contributed by atoms with Crippen molar-refractivity contribution in [1.29, 1.82) is 0 Å². The van der Waals surface area contributed by atoms with Crippen molar-refractivity contribution in [1.82, 2.24) is 0 Å². The van der Waals surface area contributed by atoms with Crippen molar-refractivity contribution in [3.63, 3.8) is 0 Å². The van der Waals surface area contributed by atoms with Crippen molar-refractivity contribution in [2.24, 2.45) is 0 Å². The summed E-state index contributed by atoms with van der Waals surface area (Å²) in [6, 6.07) is 1.72. The topological polar surface area (TPSA) is 42.6 Å². The Morgan fingerprint density at radius 3 is 2.77 bits per heavy atom. The van der Waals surface area contributed by atoms with Crippen LogP contribution in [-0.2, 0) is 4.74 Å². The molecule has 0 aliphatic heterocycles. The highest BCUT2D eigenvalue weighted by atomic mass is 79.9. The highest BCUT2D eigenvalue weighted by Crippen LogP contribution is 2.24. The van der Waals surface area contributed by atoms with E-state index in [1.165, 1.54) is 6.26 Å². The van der Waals surface area contributed by atoms with Gasteiger partial charge in [0, 0.05) is 5.56 Å². The average molecular weight is 249 g/mol. The van der Waals surface area contributed by atoms with E-state index in [-0.39, 0.29) is 12.7 Å². The minimum absolute atomic E-state index is 0.125. The second kappa shape index (κ2) is 4.79. The first kappa shape index (κ1) is 10.8. The van der Waals surface area contributed by atoms with E-state index < -0.39 is 6.10 Å². The number of furan rings is 1. The SMILES string of the molecule is CC(C)OCC(O)c1ccoc1Br. The molecule has 3 nitrogen and oxygen atoms in total. The summed E-state index contributed by atoms with van der Waals surface area (Å²) in [4.78, 5) is 0. The van der Waals surface area contributed by atoms with Crippen molar-refractivity contribution in [2.75, 3.05) is 6.61 Å². The summed E-state index contributed by atoms with van der Waals surface area (Å²) in [5.41, 5.74) is 0.723. The van der Waals surface area contributed by atoms with Gasteiger partial charge in [0.25, 0.3) is 0 Å². The van der Waals surface area contributed by atoms with Gasteiger partial charge in [0.15, 0.2) is 4.67 Å². The van der Waals surface area contributed by atoms with E-state index in [1.807, 2.05) is 13.8 Å². The van der Waals surface area contributed by atoms with Crippen LogP contribution in [0.15, 0.2) is 21.4 Å². The summed E-state index contributed by atoms with van der Waals surface area (Å²) in [6.45, 7) is 4.14. The van der Waals surface area contributed by atoms with Crippen molar-refractivity contribution in [3.8, 4) is 0 Å². The molecule has 0 bridgehead atoms. The third-order valence-corrected chi connectivity index (χ3v) is 2.24. The minimum Gasteiger partial charge on any atom is -0.457 e. The van der Waals surface area contributed by atoms with Crippen LogP contribution in [0.4, 0.5) is 0 Å². The molecule has 74 valence electrons. The highest BCUT2D eigenvalue weighted by Gasteiger charge is 2.14. The van der Waals surface area contributed by atoms with Gasteiger partial charge >= 0.3 is 0 Å². The van der Waals surface area contributed by atoms with Crippen LogP contribution in [0.2, 0.25) is 0 Å². The number of rotatable bonds is 4. The van der Waals surface area contributed by atoms with Gasteiger partial charge in [0.1, 0.15) is 6.10 Å². The molecule has 0 spiro atoms. The van der Waals surface area contributed by atoms with Crippen molar-refractivity contribution in [2.45, 2.75) is 26.1 Å². The third kappa shape index (κ3) is 3.14.